The highest BCUT2D eigenvalue weighted by Crippen LogP contribution is 2.38. The smallest absolute Gasteiger partial charge is 0.164 e. The predicted octanol–water partition coefficient (Wildman–Crippen LogP) is 12.0. The summed E-state index contributed by atoms with van der Waals surface area (Å²) >= 11 is 0. The molecule has 0 aliphatic heterocycles. The van der Waals surface area contributed by atoms with E-state index in [2.05, 4.69) is 121 Å². The fourth-order valence-corrected chi connectivity index (χ4v) is 7.35. The summed E-state index contributed by atoms with van der Waals surface area (Å²) in [6.07, 6.45) is 8.93. The van der Waals surface area contributed by atoms with Crippen LogP contribution < -0.4 is 0 Å². The molecule has 4 nitrogen and oxygen atoms in total. The molecule has 0 N–H and O–H groups in total. The molecule has 0 amide bonds. The van der Waals surface area contributed by atoms with Crippen molar-refractivity contribution in [3.8, 4) is 34.2 Å². The second kappa shape index (κ2) is 11.1. The number of aromatic nitrogens is 3. The minimum Gasteiger partial charge on any atom is -0.456 e. The third-order valence-electron chi connectivity index (χ3n) is 9.71. The molecule has 2 aromatic heterocycles. The molecule has 0 saturated carbocycles. The fourth-order valence-electron chi connectivity index (χ4n) is 7.35. The Bertz CT molecular complexity index is 2840. The average Bonchev–Trinajstić information content (AvgIpc) is 3.56. The first-order valence-electron chi connectivity index (χ1n) is 16.8. The van der Waals surface area contributed by atoms with Crippen molar-refractivity contribution in [3.05, 3.63) is 157 Å². The highest BCUT2D eigenvalue weighted by Gasteiger charge is 2.19. The molecular formula is C45H29N3O. The van der Waals surface area contributed by atoms with Crippen LogP contribution in [0.5, 0.6) is 0 Å². The number of hydrogen-bond donors (Lipinski definition) is 0. The average molecular weight is 628 g/mol. The largest absolute Gasteiger partial charge is 0.456 e. The van der Waals surface area contributed by atoms with Crippen molar-refractivity contribution in [3.63, 3.8) is 0 Å². The Hall–Kier alpha value is -6.39. The van der Waals surface area contributed by atoms with Gasteiger partial charge in [-0.15, -0.1) is 0 Å². The maximum Gasteiger partial charge on any atom is 0.164 e. The summed E-state index contributed by atoms with van der Waals surface area (Å²) in [6.45, 7) is 0. The SMILES string of the molecule is C1=CC(c2cc(-c3nc(-c4ccc5ccc6ccccc6c5c4)nc(-c4cccc5oc6ccccc6c45)n3)cc3ccccc23)=CCC1. The van der Waals surface area contributed by atoms with Crippen molar-refractivity contribution in [2.24, 2.45) is 0 Å². The van der Waals surface area contributed by atoms with E-state index < -0.39 is 0 Å². The molecule has 0 unspecified atom stereocenters. The summed E-state index contributed by atoms with van der Waals surface area (Å²) in [6, 6.07) is 46.7. The third kappa shape index (κ3) is 4.64. The van der Waals surface area contributed by atoms with Crippen molar-refractivity contribution in [2.45, 2.75) is 12.8 Å². The van der Waals surface area contributed by atoms with E-state index in [4.69, 9.17) is 19.4 Å². The van der Waals surface area contributed by atoms with Gasteiger partial charge in [0.2, 0.25) is 0 Å². The number of nitrogens with zero attached hydrogens (tertiary/aromatic N) is 3. The zero-order chi connectivity index (χ0) is 32.3. The number of fused-ring (bicyclic) bond motifs is 7. The van der Waals surface area contributed by atoms with Gasteiger partial charge in [-0.3, -0.25) is 0 Å². The number of para-hydroxylation sites is 1. The normalized spacial score (nSPS) is 13.2. The van der Waals surface area contributed by atoms with E-state index in [1.54, 1.807) is 0 Å². The molecule has 1 aliphatic carbocycles. The van der Waals surface area contributed by atoms with Gasteiger partial charge in [-0.1, -0.05) is 121 Å². The van der Waals surface area contributed by atoms with Crippen LogP contribution in [0.25, 0.3) is 94.0 Å². The van der Waals surface area contributed by atoms with E-state index in [9.17, 15) is 0 Å². The summed E-state index contributed by atoms with van der Waals surface area (Å²) in [5.74, 6) is 1.88. The van der Waals surface area contributed by atoms with Gasteiger partial charge in [0.1, 0.15) is 11.2 Å². The fraction of sp³-hybridized carbons (Fsp3) is 0.0444. The molecule has 1 aliphatic rings. The van der Waals surface area contributed by atoms with E-state index in [-0.39, 0.29) is 0 Å². The van der Waals surface area contributed by atoms with Gasteiger partial charge >= 0.3 is 0 Å². The van der Waals surface area contributed by atoms with Crippen LogP contribution in [0, 0.1) is 0 Å². The predicted molar refractivity (Wildman–Crippen MR) is 202 cm³/mol. The van der Waals surface area contributed by atoms with Crippen LogP contribution in [0.1, 0.15) is 18.4 Å². The molecular weight excluding hydrogens is 599 g/mol. The molecule has 230 valence electrons. The molecule has 4 heteroatoms. The molecule has 9 aromatic rings. The van der Waals surface area contributed by atoms with Crippen LogP contribution in [-0.4, -0.2) is 15.0 Å². The van der Waals surface area contributed by atoms with Gasteiger partial charge in [0.05, 0.1) is 0 Å². The van der Waals surface area contributed by atoms with E-state index in [1.165, 1.54) is 38.1 Å². The van der Waals surface area contributed by atoms with Gasteiger partial charge in [-0.25, -0.2) is 15.0 Å². The zero-order valence-electron chi connectivity index (χ0n) is 26.6. The number of rotatable bonds is 4. The first kappa shape index (κ1) is 27.7. The van der Waals surface area contributed by atoms with Gasteiger partial charge in [0.15, 0.2) is 17.5 Å². The van der Waals surface area contributed by atoms with Crippen LogP contribution >= 0.6 is 0 Å². The molecule has 0 spiro atoms. The highest BCUT2D eigenvalue weighted by atomic mass is 16.3. The van der Waals surface area contributed by atoms with Crippen molar-refractivity contribution in [1.29, 1.82) is 0 Å². The first-order chi connectivity index (χ1) is 24.3. The lowest BCUT2D eigenvalue weighted by Crippen LogP contribution is -2.01. The Morgan fingerprint density at radius 3 is 2.00 bits per heavy atom. The monoisotopic (exact) mass is 627 g/mol. The molecule has 49 heavy (non-hydrogen) atoms. The van der Waals surface area contributed by atoms with E-state index in [0.717, 1.165) is 56.9 Å². The lowest BCUT2D eigenvalue weighted by molar-refractivity contribution is 0.669. The maximum absolute atomic E-state index is 6.28. The summed E-state index contributed by atoms with van der Waals surface area (Å²) in [5, 5.41) is 9.18. The zero-order valence-corrected chi connectivity index (χ0v) is 26.6. The van der Waals surface area contributed by atoms with Crippen LogP contribution in [-0.2, 0) is 0 Å². The summed E-state index contributed by atoms with van der Waals surface area (Å²) in [5.41, 5.74) is 6.88. The molecule has 0 saturated heterocycles. The molecule has 0 radical (unpaired) electrons. The molecule has 10 rings (SSSR count). The van der Waals surface area contributed by atoms with Crippen LogP contribution in [0.4, 0.5) is 0 Å². The van der Waals surface area contributed by atoms with Gasteiger partial charge < -0.3 is 4.42 Å². The molecule has 0 atom stereocenters. The van der Waals surface area contributed by atoms with Crippen LogP contribution in [0.2, 0.25) is 0 Å². The highest BCUT2D eigenvalue weighted by molar-refractivity contribution is 6.12. The summed E-state index contributed by atoms with van der Waals surface area (Å²) in [4.78, 5) is 15.7. The third-order valence-corrected chi connectivity index (χ3v) is 9.71. The number of allylic oxidation sites excluding steroid dienone is 4. The minimum atomic E-state index is 0.613. The number of hydrogen-bond acceptors (Lipinski definition) is 4. The number of furan rings is 1. The second-order valence-corrected chi connectivity index (χ2v) is 12.7. The van der Waals surface area contributed by atoms with Crippen molar-refractivity contribution >= 4 is 59.8 Å². The standard InChI is InChI=1S/C45H29N3O/c1-2-11-28(12-3-1)39-27-33(25-31-14-5-7-16-35(31)39)44-46-43(32-24-23-30-22-21-29-13-4-6-15-34(29)38(30)26-32)47-45(48-44)37-18-10-20-41-42(37)36-17-8-9-19-40(36)49-41/h2,4-27H,1,3H2. The van der Waals surface area contributed by atoms with Crippen molar-refractivity contribution in [2.75, 3.05) is 0 Å². The number of benzene rings is 7. The second-order valence-electron chi connectivity index (χ2n) is 12.7. The summed E-state index contributed by atoms with van der Waals surface area (Å²) < 4.78 is 6.28. The van der Waals surface area contributed by atoms with E-state index in [1.807, 2.05) is 30.3 Å². The van der Waals surface area contributed by atoms with E-state index >= 15 is 0 Å². The maximum atomic E-state index is 6.28. The Labute approximate surface area is 282 Å². The molecule has 0 fully saturated rings. The minimum absolute atomic E-state index is 0.613. The lowest BCUT2D eigenvalue weighted by Gasteiger charge is -2.14. The van der Waals surface area contributed by atoms with Gasteiger partial charge in [-0.05, 0) is 86.6 Å². The van der Waals surface area contributed by atoms with Gasteiger partial charge in [0, 0.05) is 27.5 Å². The summed E-state index contributed by atoms with van der Waals surface area (Å²) in [7, 11) is 0. The molecule has 2 heterocycles. The quantitative estimate of drug-likeness (QED) is 0.182. The molecule has 7 aromatic carbocycles. The van der Waals surface area contributed by atoms with E-state index in [0.29, 0.717) is 17.5 Å². The Morgan fingerprint density at radius 2 is 1.14 bits per heavy atom. The van der Waals surface area contributed by atoms with Crippen LogP contribution in [0.3, 0.4) is 0 Å². The Morgan fingerprint density at radius 1 is 0.449 bits per heavy atom. The van der Waals surface area contributed by atoms with Crippen molar-refractivity contribution < 1.29 is 4.42 Å². The van der Waals surface area contributed by atoms with Gasteiger partial charge in [-0.2, -0.15) is 0 Å². The van der Waals surface area contributed by atoms with Gasteiger partial charge in [0.25, 0.3) is 0 Å². The molecule has 0 bridgehead atoms. The first-order valence-corrected chi connectivity index (χ1v) is 16.8. The van der Waals surface area contributed by atoms with Crippen molar-refractivity contribution in [1.82, 2.24) is 15.0 Å². The lowest BCUT2D eigenvalue weighted by atomic mass is 9.92. The Balaban J connectivity index is 1.25. The Kier molecular flexibility index (Phi) is 6.28. The van der Waals surface area contributed by atoms with Crippen LogP contribution in [0.15, 0.2) is 156 Å². The topological polar surface area (TPSA) is 51.8 Å².